The number of hydrogen-bond donors (Lipinski definition) is 1. The van der Waals surface area contributed by atoms with E-state index in [1.54, 1.807) is 0 Å². The van der Waals surface area contributed by atoms with E-state index < -0.39 is 0 Å². The quantitative estimate of drug-likeness (QED) is 0.830. The highest BCUT2D eigenvalue weighted by Gasteiger charge is 2.27. The fraction of sp³-hybridized carbons (Fsp3) is 0.833. The summed E-state index contributed by atoms with van der Waals surface area (Å²) >= 11 is 0. The molecule has 6 nitrogen and oxygen atoms in total. The predicted octanol–water partition coefficient (Wildman–Crippen LogP) is 0.268. The second kappa shape index (κ2) is 5.77. The SMILES string of the molecule is CCC(N)Cc1nc(C2CN(C)CCN2C)no1. The maximum Gasteiger partial charge on any atom is 0.228 e. The van der Waals surface area contributed by atoms with Gasteiger partial charge in [0, 0.05) is 32.1 Å². The van der Waals surface area contributed by atoms with E-state index >= 15 is 0 Å². The Morgan fingerprint density at radius 2 is 2.22 bits per heavy atom. The van der Waals surface area contributed by atoms with Crippen LogP contribution in [0, 0.1) is 0 Å². The van der Waals surface area contributed by atoms with Crippen LogP contribution in [0.3, 0.4) is 0 Å². The molecule has 0 amide bonds. The van der Waals surface area contributed by atoms with Crippen molar-refractivity contribution in [3.05, 3.63) is 11.7 Å². The van der Waals surface area contributed by atoms with E-state index in [0.29, 0.717) is 12.3 Å². The van der Waals surface area contributed by atoms with Gasteiger partial charge in [0.2, 0.25) is 5.89 Å². The second-order valence-corrected chi connectivity index (χ2v) is 5.18. The van der Waals surface area contributed by atoms with Crippen molar-refractivity contribution in [2.75, 3.05) is 33.7 Å². The Labute approximate surface area is 108 Å². The molecule has 1 aliphatic heterocycles. The van der Waals surface area contributed by atoms with E-state index in [1.807, 2.05) is 0 Å². The van der Waals surface area contributed by atoms with E-state index in [9.17, 15) is 0 Å². The van der Waals surface area contributed by atoms with Crippen molar-refractivity contribution in [3.63, 3.8) is 0 Å². The standard InChI is InChI=1S/C12H23N5O/c1-4-9(13)7-11-14-12(15-18-11)10-8-16(2)5-6-17(10)3/h9-10H,4-8,13H2,1-3H3. The lowest BCUT2D eigenvalue weighted by Crippen LogP contribution is -2.45. The van der Waals surface area contributed by atoms with Gasteiger partial charge in [-0.2, -0.15) is 4.98 Å². The largest absolute Gasteiger partial charge is 0.339 e. The number of hydrogen-bond acceptors (Lipinski definition) is 6. The van der Waals surface area contributed by atoms with Gasteiger partial charge < -0.3 is 15.2 Å². The third-order valence-electron chi connectivity index (χ3n) is 3.59. The number of nitrogens with two attached hydrogens (primary N) is 1. The van der Waals surface area contributed by atoms with E-state index in [2.05, 4.69) is 41.0 Å². The normalized spacial score (nSPS) is 24.3. The lowest BCUT2D eigenvalue weighted by Gasteiger charge is -2.35. The molecule has 2 atom stereocenters. The fourth-order valence-electron chi connectivity index (χ4n) is 2.14. The summed E-state index contributed by atoms with van der Waals surface area (Å²) in [6.07, 6.45) is 1.58. The van der Waals surface area contributed by atoms with Crippen LogP contribution in [0.15, 0.2) is 4.52 Å². The molecule has 0 spiro atoms. The summed E-state index contributed by atoms with van der Waals surface area (Å²) in [7, 11) is 4.22. The molecule has 1 aliphatic rings. The molecular weight excluding hydrogens is 230 g/mol. The van der Waals surface area contributed by atoms with Gasteiger partial charge in [0.15, 0.2) is 5.82 Å². The summed E-state index contributed by atoms with van der Waals surface area (Å²) in [5.74, 6) is 1.43. The molecule has 0 aromatic carbocycles. The Bertz CT molecular complexity index is 380. The lowest BCUT2D eigenvalue weighted by molar-refractivity contribution is 0.108. The van der Waals surface area contributed by atoms with Crippen LogP contribution in [-0.4, -0.2) is 59.7 Å². The molecule has 6 heteroatoms. The molecular formula is C12H23N5O. The third-order valence-corrected chi connectivity index (χ3v) is 3.59. The Hall–Kier alpha value is -0.980. The van der Waals surface area contributed by atoms with Gasteiger partial charge in [-0.1, -0.05) is 12.1 Å². The first-order valence-corrected chi connectivity index (χ1v) is 6.57. The molecule has 2 heterocycles. The maximum atomic E-state index is 5.90. The van der Waals surface area contributed by atoms with Crippen molar-refractivity contribution >= 4 is 0 Å². The Morgan fingerprint density at radius 1 is 1.44 bits per heavy atom. The number of piperazine rings is 1. The first kappa shape index (κ1) is 13.5. The zero-order valence-corrected chi connectivity index (χ0v) is 11.5. The zero-order chi connectivity index (χ0) is 13.1. The van der Waals surface area contributed by atoms with E-state index in [4.69, 9.17) is 10.3 Å². The van der Waals surface area contributed by atoms with Gasteiger partial charge in [-0.3, -0.25) is 4.90 Å². The molecule has 0 saturated carbocycles. The van der Waals surface area contributed by atoms with Crippen molar-refractivity contribution < 1.29 is 4.52 Å². The van der Waals surface area contributed by atoms with Crippen molar-refractivity contribution in [2.45, 2.75) is 31.8 Å². The average molecular weight is 253 g/mol. The molecule has 2 rings (SSSR count). The topological polar surface area (TPSA) is 71.4 Å². The molecule has 0 aliphatic carbocycles. The van der Waals surface area contributed by atoms with Gasteiger partial charge in [-0.05, 0) is 20.5 Å². The summed E-state index contributed by atoms with van der Waals surface area (Å²) < 4.78 is 5.29. The molecule has 1 aromatic heterocycles. The Kier molecular flexibility index (Phi) is 4.31. The monoisotopic (exact) mass is 253 g/mol. The highest BCUT2D eigenvalue weighted by Crippen LogP contribution is 2.21. The van der Waals surface area contributed by atoms with Crippen LogP contribution in [0.2, 0.25) is 0 Å². The Balaban J connectivity index is 2.04. The molecule has 2 unspecified atom stereocenters. The molecule has 1 fully saturated rings. The minimum absolute atomic E-state index is 0.102. The van der Waals surface area contributed by atoms with Crippen LogP contribution in [0.4, 0.5) is 0 Å². The summed E-state index contributed by atoms with van der Waals surface area (Å²) in [4.78, 5) is 9.04. The van der Waals surface area contributed by atoms with Gasteiger partial charge in [-0.15, -0.1) is 0 Å². The zero-order valence-electron chi connectivity index (χ0n) is 11.5. The fourth-order valence-corrected chi connectivity index (χ4v) is 2.14. The summed E-state index contributed by atoms with van der Waals surface area (Å²) in [5, 5.41) is 4.10. The number of nitrogens with zero attached hydrogens (tertiary/aromatic N) is 4. The molecule has 1 aromatic rings. The van der Waals surface area contributed by atoms with Crippen LogP contribution < -0.4 is 5.73 Å². The average Bonchev–Trinajstić information content (AvgIpc) is 2.80. The van der Waals surface area contributed by atoms with E-state index in [-0.39, 0.29) is 12.1 Å². The predicted molar refractivity (Wildman–Crippen MR) is 69.1 cm³/mol. The highest BCUT2D eigenvalue weighted by molar-refractivity contribution is 4.98. The highest BCUT2D eigenvalue weighted by atomic mass is 16.5. The van der Waals surface area contributed by atoms with Crippen LogP contribution in [0.5, 0.6) is 0 Å². The van der Waals surface area contributed by atoms with Gasteiger partial charge in [0.05, 0.1) is 6.04 Å². The summed E-state index contributed by atoms with van der Waals surface area (Å²) in [5.41, 5.74) is 5.90. The maximum absolute atomic E-state index is 5.90. The number of likely N-dealkylation sites (N-methyl/N-ethyl adjacent to an activating group) is 2. The summed E-state index contributed by atoms with van der Waals surface area (Å²) in [6, 6.07) is 0.323. The number of rotatable bonds is 4. The lowest BCUT2D eigenvalue weighted by atomic mass is 10.1. The van der Waals surface area contributed by atoms with E-state index in [1.165, 1.54) is 0 Å². The first-order valence-electron chi connectivity index (χ1n) is 6.57. The van der Waals surface area contributed by atoms with E-state index in [0.717, 1.165) is 31.9 Å². The Morgan fingerprint density at radius 3 is 2.94 bits per heavy atom. The molecule has 0 radical (unpaired) electrons. The molecule has 1 saturated heterocycles. The molecule has 2 N–H and O–H groups in total. The second-order valence-electron chi connectivity index (χ2n) is 5.18. The van der Waals surface area contributed by atoms with Gasteiger partial charge in [0.25, 0.3) is 0 Å². The third kappa shape index (κ3) is 3.07. The van der Waals surface area contributed by atoms with Crippen molar-refractivity contribution in [3.8, 4) is 0 Å². The van der Waals surface area contributed by atoms with Crippen LogP contribution in [0.1, 0.15) is 31.1 Å². The van der Waals surface area contributed by atoms with Gasteiger partial charge >= 0.3 is 0 Å². The van der Waals surface area contributed by atoms with Crippen LogP contribution in [0.25, 0.3) is 0 Å². The van der Waals surface area contributed by atoms with Crippen molar-refractivity contribution in [2.24, 2.45) is 5.73 Å². The minimum Gasteiger partial charge on any atom is -0.339 e. The number of aromatic nitrogens is 2. The first-order chi connectivity index (χ1) is 8.60. The van der Waals surface area contributed by atoms with Gasteiger partial charge in [0.1, 0.15) is 0 Å². The smallest absolute Gasteiger partial charge is 0.228 e. The van der Waals surface area contributed by atoms with Crippen molar-refractivity contribution in [1.29, 1.82) is 0 Å². The van der Waals surface area contributed by atoms with Crippen LogP contribution in [-0.2, 0) is 6.42 Å². The van der Waals surface area contributed by atoms with Crippen LogP contribution >= 0.6 is 0 Å². The molecule has 0 bridgehead atoms. The molecule has 18 heavy (non-hydrogen) atoms. The summed E-state index contributed by atoms with van der Waals surface area (Å²) in [6.45, 7) is 5.11. The van der Waals surface area contributed by atoms with Gasteiger partial charge in [-0.25, -0.2) is 0 Å². The molecule has 102 valence electrons. The van der Waals surface area contributed by atoms with Crippen molar-refractivity contribution in [1.82, 2.24) is 19.9 Å². The minimum atomic E-state index is 0.102.